The summed E-state index contributed by atoms with van der Waals surface area (Å²) in [7, 11) is 0. The quantitative estimate of drug-likeness (QED) is 0.685. The van der Waals surface area contributed by atoms with Crippen molar-refractivity contribution in [3.63, 3.8) is 0 Å². The zero-order valence-corrected chi connectivity index (χ0v) is 16.6. The first-order valence-corrected chi connectivity index (χ1v) is 10.0. The van der Waals surface area contributed by atoms with E-state index in [0.717, 1.165) is 25.8 Å². The van der Waals surface area contributed by atoms with Crippen molar-refractivity contribution in [2.24, 2.45) is 5.92 Å². The highest BCUT2D eigenvalue weighted by Crippen LogP contribution is 2.21. The van der Waals surface area contributed by atoms with E-state index in [1.54, 1.807) is 12.1 Å². The topological polar surface area (TPSA) is 76.5 Å². The van der Waals surface area contributed by atoms with Gasteiger partial charge in [-0.05, 0) is 50.5 Å². The predicted octanol–water partition coefficient (Wildman–Crippen LogP) is 2.13. The summed E-state index contributed by atoms with van der Waals surface area (Å²) >= 11 is 0. The first kappa shape index (κ1) is 21.0. The highest BCUT2D eigenvalue weighted by Gasteiger charge is 2.26. The summed E-state index contributed by atoms with van der Waals surface area (Å²) in [5, 5.41) is 7.39. The fourth-order valence-corrected chi connectivity index (χ4v) is 3.44. The normalized spacial score (nSPS) is 16.6. The van der Waals surface area contributed by atoms with Crippen LogP contribution in [0, 0.1) is 11.7 Å². The van der Waals surface area contributed by atoms with E-state index in [1.807, 2.05) is 11.8 Å². The molecule has 1 N–H and O–H groups in total. The second-order valence-corrected chi connectivity index (χ2v) is 7.05. The van der Waals surface area contributed by atoms with Crippen molar-refractivity contribution in [2.45, 2.75) is 26.2 Å². The number of carbonyl (C=O) groups is 1. The predicted molar refractivity (Wildman–Crippen MR) is 109 cm³/mol. The minimum absolute atomic E-state index is 0.0321. The average Bonchev–Trinajstić information content (AvgIpc) is 2.74. The Morgan fingerprint density at radius 3 is 3.00 bits per heavy atom. The summed E-state index contributed by atoms with van der Waals surface area (Å²) in [4.78, 5) is 26.7. The molecule has 0 aliphatic carbocycles. The Labute approximate surface area is 169 Å². The number of halogens is 1. The molecule has 1 aromatic carbocycles. The fourth-order valence-electron chi connectivity index (χ4n) is 3.44. The van der Waals surface area contributed by atoms with Gasteiger partial charge in [-0.15, -0.1) is 5.10 Å². The Morgan fingerprint density at radius 1 is 1.34 bits per heavy atom. The van der Waals surface area contributed by atoms with E-state index in [4.69, 9.17) is 4.74 Å². The van der Waals surface area contributed by atoms with Crippen LogP contribution in [0.15, 0.2) is 41.2 Å². The van der Waals surface area contributed by atoms with Crippen molar-refractivity contribution in [2.75, 3.05) is 37.7 Å². The van der Waals surface area contributed by atoms with Crippen LogP contribution in [0.25, 0.3) is 5.69 Å². The molecule has 0 saturated carbocycles. The molecule has 8 heteroatoms. The molecule has 1 saturated heterocycles. The van der Waals surface area contributed by atoms with Crippen LogP contribution in [-0.2, 0) is 9.53 Å². The number of ether oxygens (including phenoxy) is 1. The first-order chi connectivity index (χ1) is 14.1. The minimum Gasteiger partial charge on any atom is -0.382 e. The maximum absolute atomic E-state index is 13.5. The van der Waals surface area contributed by atoms with E-state index in [0.29, 0.717) is 37.8 Å². The van der Waals surface area contributed by atoms with Crippen molar-refractivity contribution in [3.8, 4) is 5.69 Å². The van der Waals surface area contributed by atoms with Gasteiger partial charge >= 0.3 is 0 Å². The molecule has 29 heavy (non-hydrogen) atoms. The highest BCUT2D eigenvalue weighted by atomic mass is 19.1. The van der Waals surface area contributed by atoms with E-state index < -0.39 is 5.82 Å². The number of aromatic nitrogens is 2. The molecule has 0 radical (unpaired) electrons. The van der Waals surface area contributed by atoms with Gasteiger partial charge in [-0.1, -0.05) is 6.07 Å². The largest absolute Gasteiger partial charge is 0.382 e. The molecule has 0 unspecified atom stereocenters. The standard InChI is InChI=1S/C21H27FN4O3/c1-2-29-13-5-11-23-21(28)16-6-4-12-25(15-16)19-9-10-20(27)26(24-19)18-8-3-7-17(22)14-18/h3,7-10,14,16H,2,4-6,11-13,15H2,1H3,(H,23,28)/t16-/m1/s1. The van der Waals surface area contributed by atoms with E-state index in [9.17, 15) is 14.0 Å². The molecule has 1 aromatic heterocycles. The Morgan fingerprint density at radius 2 is 2.21 bits per heavy atom. The summed E-state index contributed by atoms with van der Waals surface area (Å²) in [5.41, 5.74) is 0.0393. The monoisotopic (exact) mass is 402 g/mol. The van der Waals surface area contributed by atoms with Crippen molar-refractivity contribution in [1.29, 1.82) is 0 Å². The first-order valence-electron chi connectivity index (χ1n) is 10.0. The van der Waals surface area contributed by atoms with E-state index >= 15 is 0 Å². The van der Waals surface area contributed by atoms with Crippen LogP contribution in [0.2, 0.25) is 0 Å². The van der Waals surface area contributed by atoms with Gasteiger partial charge in [0.25, 0.3) is 5.56 Å². The van der Waals surface area contributed by atoms with Crippen molar-refractivity contribution < 1.29 is 13.9 Å². The van der Waals surface area contributed by atoms with Gasteiger partial charge in [0, 0.05) is 38.9 Å². The molecule has 1 atom stereocenters. The number of carbonyl (C=O) groups excluding carboxylic acids is 1. The average molecular weight is 402 g/mol. The molecule has 7 nitrogen and oxygen atoms in total. The van der Waals surface area contributed by atoms with Gasteiger partial charge in [0.2, 0.25) is 5.91 Å². The van der Waals surface area contributed by atoms with Crippen LogP contribution >= 0.6 is 0 Å². The van der Waals surface area contributed by atoms with E-state index in [-0.39, 0.29) is 17.4 Å². The lowest BCUT2D eigenvalue weighted by Gasteiger charge is -2.33. The summed E-state index contributed by atoms with van der Waals surface area (Å²) in [5.74, 6) is 0.0696. The lowest BCUT2D eigenvalue weighted by Crippen LogP contribution is -2.44. The number of nitrogens with zero attached hydrogens (tertiary/aromatic N) is 3. The number of piperidine rings is 1. The molecular weight excluding hydrogens is 375 g/mol. The number of hydrogen-bond acceptors (Lipinski definition) is 5. The van der Waals surface area contributed by atoms with Crippen molar-refractivity contribution >= 4 is 11.7 Å². The van der Waals surface area contributed by atoms with Gasteiger partial charge in [-0.2, -0.15) is 4.68 Å². The van der Waals surface area contributed by atoms with E-state index in [1.165, 1.54) is 28.9 Å². The molecule has 0 spiro atoms. The van der Waals surface area contributed by atoms with Crippen LogP contribution < -0.4 is 15.8 Å². The van der Waals surface area contributed by atoms with Gasteiger partial charge in [0.05, 0.1) is 11.6 Å². The minimum atomic E-state index is -0.430. The van der Waals surface area contributed by atoms with Gasteiger partial charge < -0.3 is 15.0 Å². The zero-order chi connectivity index (χ0) is 20.6. The summed E-state index contributed by atoms with van der Waals surface area (Å²) in [6, 6.07) is 8.84. The fraction of sp³-hybridized carbons (Fsp3) is 0.476. The highest BCUT2D eigenvalue weighted by molar-refractivity contribution is 5.79. The van der Waals surface area contributed by atoms with Gasteiger partial charge in [-0.25, -0.2) is 4.39 Å². The maximum atomic E-state index is 13.5. The van der Waals surface area contributed by atoms with Crippen molar-refractivity contribution in [3.05, 3.63) is 52.6 Å². The molecule has 1 aliphatic heterocycles. The van der Waals surface area contributed by atoms with Crippen LogP contribution in [0.3, 0.4) is 0 Å². The van der Waals surface area contributed by atoms with Crippen LogP contribution in [0.4, 0.5) is 10.2 Å². The Kier molecular flexibility index (Phi) is 7.35. The number of hydrogen-bond donors (Lipinski definition) is 1. The van der Waals surface area contributed by atoms with Crippen LogP contribution in [-0.4, -0.2) is 48.5 Å². The lowest BCUT2D eigenvalue weighted by atomic mass is 9.97. The second kappa shape index (κ2) is 10.2. The molecule has 3 rings (SSSR count). The van der Waals surface area contributed by atoms with Crippen LogP contribution in [0.1, 0.15) is 26.2 Å². The smallest absolute Gasteiger partial charge is 0.271 e. The number of rotatable bonds is 8. The third kappa shape index (κ3) is 5.63. The van der Waals surface area contributed by atoms with Crippen LogP contribution in [0.5, 0.6) is 0 Å². The zero-order valence-electron chi connectivity index (χ0n) is 16.6. The lowest BCUT2D eigenvalue weighted by molar-refractivity contribution is -0.125. The maximum Gasteiger partial charge on any atom is 0.271 e. The molecule has 2 heterocycles. The molecule has 1 amide bonds. The molecule has 0 bridgehead atoms. The number of nitrogens with one attached hydrogen (secondary N) is 1. The third-order valence-corrected chi connectivity index (χ3v) is 4.92. The Balaban J connectivity index is 1.67. The summed E-state index contributed by atoms with van der Waals surface area (Å²) in [6.07, 6.45) is 2.46. The molecule has 156 valence electrons. The molecule has 1 fully saturated rings. The molecular formula is C21H27FN4O3. The molecule has 2 aromatic rings. The second-order valence-electron chi connectivity index (χ2n) is 7.05. The van der Waals surface area contributed by atoms with Gasteiger partial charge in [-0.3, -0.25) is 9.59 Å². The summed E-state index contributed by atoms with van der Waals surface area (Å²) in [6.45, 7) is 5.14. The SMILES string of the molecule is CCOCCCNC(=O)[C@@H]1CCCN(c2ccc(=O)n(-c3cccc(F)c3)n2)C1. The Hall–Kier alpha value is -2.74. The Bertz CT molecular complexity index is 886. The van der Waals surface area contributed by atoms with Gasteiger partial charge in [0.1, 0.15) is 11.6 Å². The number of anilines is 1. The van der Waals surface area contributed by atoms with Gasteiger partial charge in [0.15, 0.2) is 0 Å². The third-order valence-electron chi connectivity index (χ3n) is 4.92. The summed E-state index contributed by atoms with van der Waals surface area (Å²) < 4.78 is 20.0. The molecule has 1 aliphatic rings. The van der Waals surface area contributed by atoms with Crippen molar-refractivity contribution in [1.82, 2.24) is 15.1 Å². The number of benzene rings is 1. The number of amides is 1. The van der Waals surface area contributed by atoms with E-state index in [2.05, 4.69) is 10.4 Å².